The minimum atomic E-state index is -4.95. The van der Waals surface area contributed by atoms with Crippen LogP contribution in [0.3, 0.4) is 0 Å². The fourth-order valence-corrected chi connectivity index (χ4v) is 1.22. The largest absolute Gasteiger partial charge is 0.471 e. The minimum absolute atomic E-state index is 0.00141. The molecule has 1 aromatic rings. The Kier molecular flexibility index (Phi) is 5.47. The zero-order valence-corrected chi connectivity index (χ0v) is 10.2. The van der Waals surface area contributed by atoms with Crippen LogP contribution in [0.1, 0.15) is 5.56 Å². The summed E-state index contributed by atoms with van der Waals surface area (Å²) in [7, 11) is 0. The topological polar surface area (TPSA) is 93.5 Å². The number of benzene rings is 1. The highest BCUT2D eigenvalue weighted by atomic mass is 19.4. The molecule has 1 rings (SSSR count). The van der Waals surface area contributed by atoms with E-state index in [2.05, 4.69) is 10.3 Å². The maximum absolute atomic E-state index is 12.1. The molecule has 0 spiro atoms. The number of hydrogen-bond acceptors (Lipinski definition) is 4. The van der Waals surface area contributed by atoms with E-state index in [4.69, 9.17) is 5.73 Å². The fourth-order valence-electron chi connectivity index (χ4n) is 1.22. The summed E-state index contributed by atoms with van der Waals surface area (Å²) in [4.78, 5) is 25.8. The van der Waals surface area contributed by atoms with Gasteiger partial charge in [-0.1, -0.05) is 12.1 Å². The highest BCUT2D eigenvalue weighted by Gasteiger charge is 2.38. The van der Waals surface area contributed by atoms with Gasteiger partial charge in [0.2, 0.25) is 5.91 Å². The van der Waals surface area contributed by atoms with E-state index in [1.165, 1.54) is 18.2 Å². The predicted octanol–water partition coefficient (Wildman–Crippen LogP) is 0.694. The van der Waals surface area contributed by atoms with Gasteiger partial charge in [-0.3, -0.25) is 14.4 Å². The van der Waals surface area contributed by atoms with Crippen molar-refractivity contribution in [1.29, 1.82) is 0 Å². The van der Waals surface area contributed by atoms with Crippen molar-refractivity contribution in [1.82, 2.24) is 5.48 Å². The number of primary amides is 1. The molecule has 0 aliphatic rings. The Morgan fingerprint density at radius 3 is 2.60 bits per heavy atom. The van der Waals surface area contributed by atoms with Crippen LogP contribution in [0, 0.1) is 0 Å². The van der Waals surface area contributed by atoms with Gasteiger partial charge < -0.3 is 11.1 Å². The van der Waals surface area contributed by atoms with Gasteiger partial charge in [-0.25, -0.2) is 0 Å². The molecule has 0 aliphatic carbocycles. The molecular weight excluding hydrogens is 279 g/mol. The van der Waals surface area contributed by atoms with Crippen LogP contribution < -0.4 is 16.5 Å². The first-order valence-corrected chi connectivity index (χ1v) is 5.39. The number of rotatable bonds is 6. The van der Waals surface area contributed by atoms with Crippen molar-refractivity contribution in [2.24, 2.45) is 5.73 Å². The Balaban J connectivity index is 2.53. The number of amides is 2. The number of halogens is 3. The molecule has 2 amide bonds. The molecule has 0 fully saturated rings. The Morgan fingerprint density at radius 2 is 2.00 bits per heavy atom. The second-order valence-corrected chi connectivity index (χ2v) is 3.73. The van der Waals surface area contributed by atoms with E-state index in [1.807, 2.05) is 0 Å². The van der Waals surface area contributed by atoms with E-state index in [1.54, 1.807) is 11.4 Å². The van der Waals surface area contributed by atoms with Crippen molar-refractivity contribution >= 4 is 17.5 Å². The molecule has 0 aromatic heterocycles. The summed E-state index contributed by atoms with van der Waals surface area (Å²) < 4.78 is 36.2. The molecule has 0 aliphatic heterocycles. The van der Waals surface area contributed by atoms with E-state index in [0.717, 1.165) is 0 Å². The van der Waals surface area contributed by atoms with Crippen molar-refractivity contribution < 1.29 is 27.6 Å². The molecule has 6 nitrogen and oxygen atoms in total. The van der Waals surface area contributed by atoms with Gasteiger partial charge in [-0.05, 0) is 17.7 Å². The maximum atomic E-state index is 12.1. The maximum Gasteiger partial charge on any atom is 0.471 e. The molecule has 20 heavy (non-hydrogen) atoms. The molecule has 110 valence electrons. The van der Waals surface area contributed by atoms with Gasteiger partial charge in [-0.2, -0.15) is 18.7 Å². The van der Waals surface area contributed by atoms with E-state index >= 15 is 0 Å². The third-order valence-electron chi connectivity index (χ3n) is 2.04. The van der Waals surface area contributed by atoms with Gasteiger partial charge in [0, 0.05) is 12.2 Å². The average Bonchev–Trinajstić information content (AvgIpc) is 2.34. The van der Waals surface area contributed by atoms with Crippen molar-refractivity contribution in [2.75, 3.05) is 11.9 Å². The SMILES string of the molecule is NC(=O)CONCc1cccc(NC(=O)C(F)(F)F)c1. The van der Waals surface area contributed by atoms with Crippen molar-refractivity contribution in [3.05, 3.63) is 29.8 Å². The van der Waals surface area contributed by atoms with E-state index < -0.39 is 18.0 Å². The lowest BCUT2D eigenvalue weighted by Gasteiger charge is -2.09. The number of carbonyl (C=O) groups is 2. The van der Waals surface area contributed by atoms with E-state index in [0.29, 0.717) is 5.56 Å². The van der Waals surface area contributed by atoms with Gasteiger partial charge in [0.25, 0.3) is 0 Å². The minimum Gasteiger partial charge on any atom is -0.368 e. The summed E-state index contributed by atoms with van der Waals surface area (Å²) in [6.45, 7) is -0.201. The van der Waals surface area contributed by atoms with Crippen LogP contribution in [-0.4, -0.2) is 24.6 Å². The lowest BCUT2D eigenvalue weighted by molar-refractivity contribution is -0.167. The summed E-state index contributed by atoms with van der Waals surface area (Å²) in [6, 6.07) is 5.72. The van der Waals surface area contributed by atoms with Gasteiger partial charge in [0.15, 0.2) is 0 Å². The average molecular weight is 291 g/mol. The monoisotopic (exact) mass is 291 g/mol. The number of hydroxylamine groups is 1. The van der Waals surface area contributed by atoms with E-state index in [-0.39, 0.29) is 18.8 Å². The predicted molar refractivity (Wildman–Crippen MR) is 63.1 cm³/mol. The van der Waals surface area contributed by atoms with Crippen molar-refractivity contribution in [3.63, 3.8) is 0 Å². The molecule has 0 unspecified atom stereocenters. The number of nitrogens with one attached hydrogen (secondary N) is 2. The fraction of sp³-hybridized carbons (Fsp3) is 0.273. The first kappa shape index (κ1) is 15.9. The summed E-state index contributed by atoms with van der Waals surface area (Å²) in [5, 5.41) is 1.72. The molecular formula is C11H12F3N3O3. The van der Waals surface area contributed by atoms with Crippen LogP contribution in [0.2, 0.25) is 0 Å². The lowest BCUT2D eigenvalue weighted by atomic mass is 10.2. The number of anilines is 1. The number of nitrogens with two attached hydrogens (primary N) is 1. The van der Waals surface area contributed by atoms with Crippen molar-refractivity contribution in [3.8, 4) is 0 Å². The first-order chi connectivity index (χ1) is 9.29. The second kappa shape index (κ2) is 6.87. The third kappa shape index (κ3) is 5.67. The van der Waals surface area contributed by atoms with Gasteiger partial charge in [0.05, 0.1) is 0 Å². The highest BCUT2D eigenvalue weighted by molar-refractivity contribution is 5.94. The quantitative estimate of drug-likeness (QED) is 0.531. The molecule has 0 atom stereocenters. The van der Waals surface area contributed by atoms with Crippen LogP contribution >= 0.6 is 0 Å². The lowest BCUT2D eigenvalue weighted by Crippen LogP contribution is -2.30. The summed E-state index contributed by atoms with van der Waals surface area (Å²) >= 11 is 0. The molecule has 0 heterocycles. The van der Waals surface area contributed by atoms with Crippen LogP contribution in [0.5, 0.6) is 0 Å². The summed E-state index contributed by atoms with van der Waals surface area (Å²) in [6.07, 6.45) is -4.95. The molecule has 0 radical (unpaired) electrons. The highest BCUT2D eigenvalue weighted by Crippen LogP contribution is 2.18. The zero-order valence-electron chi connectivity index (χ0n) is 10.2. The Labute approximate surface area is 112 Å². The smallest absolute Gasteiger partial charge is 0.368 e. The van der Waals surface area contributed by atoms with Crippen LogP contribution in [-0.2, 0) is 21.0 Å². The Bertz CT molecular complexity index is 491. The molecule has 0 saturated heterocycles. The van der Waals surface area contributed by atoms with Gasteiger partial charge in [0.1, 0.15) is 6.61 Å². The summed E-state index contributed by atoms with van der Waals surface area (Å²) in [5.74, 6) is -2.71. The number of hydrogen-bond donors (Lipinski definition) is 3. The van der Waals surface area contributed by atoms with Crippen LogP contribution in [0.25, 0.3) is 0 Å². The third-order valence-corrected chi connectivity index (χ3v) is 2.04. The molecule has 4 N–H and O–H groups in total. The first-order valence-electron chi connectivity index (χ1n) is 5.39. The molecule has 1 aromatic carbocycles. The Hall–Kier alpha value is -2.13. The molecule has 0 bridgehead atoms. The van der Waals surface area contributed by atoms with Crippen LogP contribution in [0.15, 0.2) is 24.3 Å². The normalized spacial score (nSPS) is 11.2. The zero-order chi connectivity index (χ0) is 15.2. The van der Waals surface area contributed by atoms with Crippen molar-refractivity contribution in [2.45, 2.75) is 12.7 Å². The standard InChI is InChI=1S/C11H12F3N3O3/c12-11(13,14)10(19)17-8-3-1-2-7(4-8)5-16-20-6-9(15)18/h1-4,16H,5-6H2,(H2,15,18)(H,17,19). The summed E-state index contributed by atoms with van der Waals surface area (Å²) in [5.41, 5.74) is 7.79. The molecule has 9 heteroatoms. The van der Waals surface area contributed by atoms with Crippen LogP contribution in [0.4, 0.5) is 18.9 Å². The number of carbonyl (C=O) groups excluding carboxylic acids is 2. The van der Waals surface area contributed by atoms with E-state index in [9.17, 15) is 22.8 Å². The van der Waals surface area contributed by atoms with Gasteiger partial charge in [-0.15, -0.1) is 0 Å². The number of alkyl halides is 3. The second-order valence-electron chi connectivity index (χ2n) is 3.73. The van der Waals surface area contributed by atoms with Gasteiger partial charge >= 0.3 is 12.1 Å². The molecule has 0 saturated carbocycles. The Morgan fingerprint density at radius 1 is 1.30 bits per heavy atom.